The van der Waals surface area contributed by atoms with Crippen LogP contribution in [0.15, 0.2) is 24.3 Å². The number of alkyl halides is 1. The number of ether oxygens (including phenoxy) is 1. The van der Waals surface area contributed by atoms with Gasteiger partial charge in [-0.25, -0.2) is 0 Å². The van der Waals surface area contributed by atoms with Gasteiger partial charge in [0.05, 0.1) is 12.5 Å². The van der Waals surface area contributed by atoms with Crippen molar-refractivity contribution in [2.45, 2.75) is 38.0 Å². The van der Waals surface area contributed by atoms with Gasteiger partial charge in [-0.15, -0.1) is 0 Å². The maximum atomic E-state index is 12.3. The summed E-state index contributed by atoms with van der Waals surface area (Å²) in [5.41, 5.74) is 1.02. The maximum absolute atomic E-state index is 12.3. The minimum Gasteiger partial charge on any atom is -0.493 e. The Bertz CT molecular complexity index is 436. The van der Waals surface area contributed by atoms with Crippen LogP contribution in [0.1, 0.15) is 43.6 Å². The Morgan fingerprint density at radius 3 is 2.90 bits per heavy atom. The molecule has 0 bridgehead atoms. The Balaban J connectivity index is 1.79. The molecule has 4 heteroatoms. The van der Waals surface area contributed by atoms with Gasteiger partial charge in [-0.1, -0.05) is 47.0 Å². The lowest BCUT2D eigenvalue weighted by atomic mass is 9.92. The SMILES string of the molecule is O=C(NCCCCCCBr)C1CCOc2ccccc21. The lowest BCUT2D eigenvalue weighted by Gasteiger charge is -2.25. The fraction of sp³-hybridized carbons (Fsp3) is 0.562. The van der Waals surface area contributed by atoms with Crippen LogP contribution in [0.5, 0.6) is 5.75 Å². The maximum Gasteiger partial charge on any atom is 0.227 e. The molecule has 0 spiro atoms. The van der Waals surface area contributed by atoms with E-state index in [4.69, 9.17) is 4.74 Å². The van der Waals surface area contributed by atoms with Crippen LogP contribution in [0, 0.1) is 0 Å². The minimum absolute atomic E-state index is 0.0532. The fourth-order valence-electron chi connectivity index (χ4n) is 2.52. The van der Waals surface area contributed by atoms with Crippen LogP contribution < -0.4 is 10.1 Å². The van der Waals surface area contributed by atoms with Crippen molar-refractivity contribution in [2.24, 2.45) is 0 Å². The lowest BCUT2D eigenvalue weighted by molar-refractivity contribution is -0.123. The topological polar surface area (TPSA) is 38.3 Å². The first-order valence-electron chi connectivity index (χ1n) is 7.38. The fourth-order valence-corrected chi connectivity index (χ4v) is 2.92. The van der Waals surface area contributed by atoms with Crippen LogP contribution in [0.4, 0.5) is 0 Å². The zero-order chi connectivity index (χ0) is 14.2. The third-order valence-electron chi connectivity index (χ3n) is 3.63. The van der Waals surface area contributed by atoms with Gasteiger partial charge in [0, 0.05) is 17.4 Å². The smallest absolute Gasteiger partial charge is 0.227 e. The van der Waals surface area contributed by atoms with E-state index < -0.39 is 0 Å². The summed E-state index contributed by atoms with van der Waals surface area (Å²) in [5.74, 6) is 0.944. The number of carbonyl (C=O) groups is 1. The molecular formula is C16H22BrNO2. The molecular weight excluding hydrogens is 318 g/mol. The van der Waals surface area contributed by atoms with Gasteiger partial charge in [-0.3, -0.25) is 4.79 Å². The summed E-state index contributed by atoms with van der Waals surface area (Å²) in [5, 5.41) is 4.13. The molecule has 1 heterocycles. The van der Waals surface area contributed by atoms with Crippen molar-refractivity contribution in [3.05, 3.63) is 29.8 Å². The number of fused-ring (bicyclic) bond motifs is 1. The van der Waals surface area contributed by atoms with Crippen molar-refractivity contribution in [1.82, 2.24) is 5.32 Å². The largest absolute Gasteiger partial charge is 0.493 e. The second-order valence-corrected chi connectivity index (χ2v) is 5.91. The molecule has 1 atom stereocenters. The van der Waals surface area contributed by atoms with E-state index in [2.05, 4.69) is 21.2 Å². The molecule has 3 nitrogen and oxygen atoms in total. The number of hydrogen-bond donors (Lipinski definition) is 1. The first-order chi connectivity index (χ1) is 9.83. The molecule has 0 saturated carbocycles. The number of halogens is 1. The number of hydrogen-bond acceptors (Lipinski definition) is 2. The molecule has 1 unspecified atom stereocenters. The van der Waals surface area contributed by atoms with E-state index in [1.807, 2.05) is 24.3 Å². The second kappa shape index (κ2) is 8.30. The van der Waals surface area contributed by atoms with Gasteiger partial charge in [0.15, 0.2) is 0 Å². The van der Waals surface area contributed by atoms with Crippen LogP contribution >= 0.6 is 15.9 Å². The molecule has 0 aromatic heterocycles. The third kappa shape index (κ3) is 4.23. The van der Waals surface area contributed by atoms with Gasteiger partial charge in [0.25, 0.3) is 0 Å². The van der Waals surface area contributed by atoms with E-state index in [0.717, 1.165) is 36.0 Å². The Morgan fingerprint density at radius 2 is 2.05 bits per heavy atom. The molecule has 1 aromatic rings. The summed E-state index contributed by atoms with van der Waals surface area (Å²) in [6, 6.07) is 7.85. The van der Waals surface area contributed by atoms with Gasteiger partial charge >= 0.3 is 0 Å². The number of amides is 1. The highest BCUT2D eigenvalue weighted by molar-refractivity contribution is 9.09. The van der Waals surface area contributed by atoms with Gasteiger partial charge in [-0.05, 0) is 25.3 Å². The number of nitrogens with one attached hydrogen (secondary N) is 1. The molecule has 0 aliphatic carbocycles. The first-order valence-corrected chi connectivity index (χ1v) is 8.50. The highest BCUT2D eigenvalue weighted by Gasteiger charge is 2.26. The number of benzene rings is 1. The molecule has 1 amide bonds. The average Bonchev–Trinajstić information content (AvgIpc) is 2.50. The molecule has 0 fully saturated rings. The quantitative estimate of drug-likeness (QED) is 0.608. The average molecular weight is 340 g/mol. The van der Waals surface area contributed by atoms with Gasteiger partial charge in [0.1, 0.15) is 5.75 Å². The monoisotopic (exact) mass is 339 g/mol. The zero-order valence-electron chi connectivity index (χ0n) is 11.7. The second-order valence-electron chi connectivity index (χ2n) is 5.12. The van der Waals surface area contributed by atoms with Crippen LogP contribution in [-0.2, 0) is 4.79 Å². The summed E-state index contributed by atoms with van der Waals surface area (Å²) in [6.07, 6.45) is 5.44. The van der Waals surface area contributed by atoms with Crippen molar-refractivity contribution in [3.63, 3.8) is 0 Å². The summed E-state index contributed by atoms with van der Waals surface area (Å²) in [7, 11) is 0. The molecule has 1 N–H and O–H groups in total. The van der Waals surface area contributed by atoms with Crippen molar-refractivity contribution < 1.29 is 9.53 Å². The Kier molecular flexibility index (Phi) is 6.37. The van der Waals surface area contributed by atoms with Crippen LogP contribution in [0.25, 0.3) is 0 Å². The third-order valence-corrected chi connectivity index (χ3v) is 4.20. The number of carbonyl (C=O) groups excluding carboxylic acids is 1. The number of rotatable bonds is 7. The molecule has 1 aliphatic heterocycles. The number of para-hydroxylation sites is 1. The normalized spacial score (nSPS) is 17.1. The summed E-state index contributed by atoms with van der Waals surface area (Å²) in [4.78, 5) is 12.3. The standard InChI is InChI=1S/C16H22BrNO2/c17-10-5-1-2-6-11-18-16(19)14-9-12-20-15-8-4-3-7-13(14)15/h3-4,7-8,14H,1-2,5-6,9-12H2,(H,18,19). The van der Waals surface area contributed by atoms with Crippen molar-refractivity contribution in [3.8, 4) is 5.75 Å². The van der Waals surface area contributed by atoms with E-state index in [1.54, 1.807) is 0 Å². The summed E-state index contributed by atoms with van der Waals surface area (Å²) >= 11 is 3.43. The van der Waals surface area contributed by atoms with Crippen molar-refractivity contribution >= 4 is 21.8 Å². The first kappa shape index (κ1) is 15.4. The lowest BCUT2D eigenvalue weighted by Crippen LogP contribution is -2.33. The molecule has 1 aromatic carbocycles. The van der Waals surface area contributed by atoms with Crippen molar-refractivity contribution in [1.29, 1.82) is 0 Å². The van der Waals surface area contributed by atoms with E-state index in [0.29, 0.717) is 6.61 Å². The Hall–Kier alpha value is -1.03. The molecule has 2 rings (SSSR count). The predicted octanol–water partition coefficient (Wildman–Crippen LogP) is 3.62. The number of unbranched alkanes of at least 4 members (excludes halogenated alkanes) is 3. The Labute approximate surface area is 129 Å². The highest BCUT2D eigenvalue weighted by Crippen LogP contribution is 2.33. The van der Waals surface area contributed by atoms with Crippen molar-refractivity contribution in [2.75, 3.05) is 18.5 Å². The van der Waals surface area contributed by atoms with Crippen LogP contribution in [0.2, 0.25) is 0 Å². The predicted molar refractivity (Wildman–Crippen MR) is 84.6 cm³/mol. The van der Waals surface area contributed by atoms with Gasteiger partial charge in [-0.2, -0.15) is 0 Å². The van der Waals surface area contributed by atoms with E-state index in [1.165, 1.54) is 19.3 Å². The minimum atomic E-state index is -0.0532. The summed E-state index contributed by atoms with van der Waals surface area (Å²) < 4.78 is 5.59. The molecule has 110 valence electrons. The van der Waals surface area contributed by atoms with Gasteiger partial charge in [0.2, 0.25) is 5.91 Å². The zero-order valence-corrected chi connectivity index (χ0v) is 13.3. The highest BCUT2D eigenvalue weighted by atomic mass is 79.9. The van der Waals surface area contributed by atoms with E-state index in [-0.39, 0.29) is 11.8 Å². The Morgan fingerprint density at radius 1 is 1.25 bits per heavy atom. The summed E-state index contributed by atoms with van der Waals surface area (Å²) in [6.45, 7) is 1.40. The molecule has 1 aliphatic rings. The van der Waals surface area contributed by atoms with E-state index in [9.17, 15) is 4.79 Å². The molecule has 20 heavy (non-hydrogen) atoms. The molecule has 0 saturated heterocycles. The molecule has 0 radical (unpaired) electrons. The van der Waals surface area contributed by atoms with E-state index >= 15 is 0 Å². The van der Waals surface area contributed by atoms with Crippen LogP contribution in [-0.4, -0.2) is 24.4 Å². The van der Waals surface area contributed by atoms with Gasteiger partial charge < -0.3 is 10.1 Å². The van der Waals surface area contributed by atoms with Crippen LogP contribution in [0.3, 0.4) is 0 Å².